The second kappa shape index (κ2) is 9.22. The van der Waals surface area contributed by atoms with Crippen LogP contribution in [0.5, 0.6) is 5.75 Å². The topological polar surface area (TPSA) is 100 Å². The molecule has 2 rings (SSSR count). The normalized spacial score (nSPS) is 19.1. The van der Waals surface area contributed by atoms with Crippen molar-refractivity contribution in [2.75, 3.05) is 6.61 Å². The molecule has 7 nitrogen and oxygen atoms in total. The van der Waals surface area contributed by atoms with E-state index in [1.807, 2.05) is 31.2 Å². The predicted molar refractivity (Wildman–Crippen MR) is 98.3 cm³/mol. The highest BCUT2D eigenvalue weighted by atomic mass is 32.2. The molecule has 1 amide bonds. The van der Waals surface area contributed by atoms with Gasteiger partial charge in [0.2, 0.25) is 5.91 Å². The summed E-state index contributed by atoms with van der Waals surface area (Å²) in [5.74, 6) is -0.561. The summed E-state index contributed by atoms with van der Waals surface area (Å²) in [5.41, 5.74) is 1.58. The van der Waals surface area contributed by atoms with Crippen LogP contribution in [0.15, 0.2) is 34.5 Å². The molecule has 25 heavy (non-hydrogen) atoms. The molecule has 0 radical (unpaired) electrons. The Morgan fingerprint density at radius 2 is 2.08 bits per heavy atom. The van der Waals surface area contributed by atoms with Crippen molar-refractivity contribution in [2.24, 2.45) is 10.2 Å². The molecule has 1 fully saturated rings. The molecule has 0 bridgehead atoms. The summed E-state index contributed by atoms with van der Waals surface area (Å²) in [6.07, 6.45) is 1.87. The van der Waals surface area contributed by atoms with Gasteiger partial charge in [-0.25, -0.2) is 0 Å². The summed E-state index contributed by atoms with van der Waals surface area (Å²) in [5, 5.41) is 19.1. The summed E-state index contributed by atoms with van der Waals surface area (Å²) in [7, 11) is 0. The molecule has 1 atom stereocenters. The number of hydrogen-bond donors (Lipinski definition) is 2. The lowest BCUT2D eigenvalue weighted by atomic mass is 10.1. The number of amides is 1. The van der Waals surface area contributed by atoms with E-state index in [1.165, 1.54) is 0 Å². The van der Waals surface area contributed by atoms with Gasteiger partial charge in [-0.3, -0.25) is 9.59 Å². The molecule has 1 saturated heterocycles. The van der Waals surface area contributed by atoms with Gasteiger partial charge in [0.15, 0.2) is 5.17 Å². The van der Waals surface area contributed by atoms with Crippen molar-refractivity contribution in [2.45, 2.75) is 38.4 Å². The zero-order valence-electron chi connectivity index (χ0n) is 14.2. The summed E-state index contributed by atoms with van der Waals surface area (Å²) in [6.45, 7) is 4.63. The first-order valence-corrected chi connectivity index (χ1v) is 8.92. The average molecular weight is 363 g/mol. The van der Waals surface area contributed by atoms with Crippen LogP contribution in [0, 0.1) is 0 Å². The van der Waals surface area contributed by atoms with E-state index in [9.17, 15) is 9.59 Å². The van der Waals surface area contributed by atoms with Gasteiger partial charge in [0.25, 0.3) is 0 Å². The number of benzene rings is 1. The number of ether oxygens (including phenoxy) is 1. The van der Waals surface area contributed by atoms with Gasteiger partial charge in [0, 0.05) is 0 Å². The highest BCUT2D eigenvalue weighted by Crippen LogP contribution is 2.22. The molecule has 1 aliphatic heterocycles. The lowest BCUT2D eigenvalue weighted by molar-refractivity contribution is -0.138. The molecule has 1 aromatic rings. The highest BCUT2D eigenvalue weighted by Gasteiger charge is 2.32. The summed E-state index contributed by atoms with van der Waals surface area (Å²) in [4.78, 5) is 22.3. The third-order valence-electron chi connectivity index (χ3n) is 3.47. The summed E-state index contributed by atoms with van der Waals surface area (Å²) in [6, 6.07) is 7.56. The van der Waals surface area contributed by atoms with Crippen LogP contribution in [0.2, 0.25) is 0 Å². The molecule has 0 saturated carbocycles. The van der Waals surface area contributed by atoms with Crippen molar-refractivity contribution >= 4 is 34.5 Å². The second-order valence-corrected chi connectivity index (χ2v) is 6.70. The van der Waals surface area contributed by atoms with Crippen molar-refractivity contribution in [1.29, 1.82) is 0 Å². The number of carbonyl (C=O) groups is 2. The van der Waals surface area contributed by atoms with Crippen molar-refractivity contribution in [3.8, 4) is 5.75 Å². The van der Waals surface area contributed by atoms with E-state index in [1.54, 1.807) is 0 Å². The molecular formula is C17H21N3O4S. The number of nitrogens with one attached hydrogen (secondary N) is 1. The van der Waals surface area contributed by atoms with E-state index >= 15 is 0 Å². The lowest BCUT2D eigenvalue weighted by Crippen LogP contribution is -2.26. The maximum absolute atomic E-state index is 11.6. The number of carbonyl (C=O) groups excluding carboxylic acids is 1. The number of carboxylic acid groups (broad SMARTS) is 1. The highest BCUT2D eigenvalue weighted by molar-refractivity contribution is 8.15. The molecule has 8 heteroatoms. The molecule has 1 unspecified atom stereocenters. The second-order valence-electron chi connectivity index (χ2n) is 5.51. The fourth-order valence-corrected chi connectivity index (χ4v) is 2.96. The van der Waals surface area contributed by atoms with Crippen LogP contribution in [-0.2, 0) is 9.59 Å². The first kappa shape index (κ1) is 19.0. The van der Waals surface area contributed by atoms with Crippen molar-refractivity contribution in [3.63, 3.8) is 0 Å². The van der Waals surface area contributed by atoms with E-state index in [2.05, 4.69) is 22.4 Å². The van der Waals surface area contributed by atoms with Gasteiger partial charge in [-0.15, -0.1) is 5.10 Å². The largest absolute Gasteiger partial charge is 0.494 e. The van der Waals surface area contributed by atoms with E-state index in [0.29, 0.717) is 17.5 Å². The van der Waals surface area contributed by atoms with Gasteiger partial charge < -0.3 is 15.2 Å². The molecule has 0 spiro atoms. The number of aliphatic carboxylic acids is 1. The van der Waals surface area contributed by atoms with Crippen LogP contribution in [0.3, 0.4) is 0 Å². The molecule has 2 N–H and O–H groups in total. The number of carboxylic acids is 1. The van der Waals surface area contributed by atoms with Crippen LogP contribution in [0.25, 0.3) is 0 Å². The van der Waals surface area contributed by atoms with Crippen LogP contribution in [-0.4, -0.2) is 39.7 Å². The van der Waals surface area contributed by atoms with Gasteiger partial charge in [0.05, 0.1) is 18.7 Å². The molecule has 1 aromatic carbocycles. The number of unbranched alkanes of at least 4 members (excludes halogenated alkanes) is 1. The molecular weight excluding hydrogens is 342 g/mol. The Kier molecular flexibility index (Phi) is 7.00. The Morgan fingerprint density at radius 1 is 1.36 bits per heavy atom. The maximum atomic E-state index is 11.6. The Bertz CT molecular complexity index is 686. The zero-order valence-corrected chi connectivity index (χ0v) is 15.0. The van der Waals surface area contributed by atoms with Gasteiger partial charge in [0.1, 0.15) is 11.0 Å². The molecule has 1 aliphatic rings. The molecule has 1 heterocycles. The fourth-order valence-electron chi connectivity index (χ4n) is 2.05. The molecule has 0 aromatic heterocycles. The number of rotatable bonds is 8. The number of hydrogen-bond acceptors (Lipinski definition) is 6. The van der Waals surface area contributed by atoms with Crippen LogP contribution >= 0.6 is 11.8 Å². The predicted octanol–water partition coefficient (Wildman–Crippen LogP) is 2.65. The van der Waals surface area contributed by atoms with Crippen LogP contribution < -0.4 is 10.1 Å². The maximum Gasteiger partial charge on any atom is 0.305 e. The molecule has 0 aliphatic carbocycles. The minimum absolute atomic E-state index is 0.238. The Hall–Kier alpha value is -2.35. The van der Waals surface area contributed by atoms with E-state index in [0.717, 1.165) is 35.9 Å². The number of nitrogens with zero attached hydrogens (tertiary/aromatic N) is 2. The van der Waals surface area contributed by atoms with E-state index in [4.69, 9.17) is 9.84 Å². The number of thioether (sulfide) groups is 1. The van der Waals surface area contributed by atoms with Crippen LogP contribution in [0.1, 0.15) is 38.7 Å². The Morgan fingerprint density at radius 3 is 2.72 bits per heavy atom. The minimum Gasteiger partial charge on any atom is -0.494 e. The Labute approximate surface area is 150 Å². The minimum atomic E-state index is -1.02. The first-order chi connectivity index (χ1) is 12.0. The van der Waals surface area contributed by atoms with Crippen molar-refractivity contribution in [1.82, 2.24) is 5.32 Å². The zero-order chi connectivity index (χ0) is 18.2. The van der Waals surface area contributed by atoms with Gasteiger partial charge >= 0.3 is 5.97 Å². The quantitative estimate of drug-likeness (QED) is 0.420. The molecule has 134 valence electrons. The van der Waals surface area contributed by atoms with Gasteiger partial charge in [-0.1, -0.05) is 25.1 Å². The van der Waals surface area contributed by atoms with Crippen LogP contribution in [0.4, 0.5) is 0 Å². The number of amidine groups is 1. The average Bonchev–Trinajstić information content (AvgIpc) is 2.92. The van der Waals surface area contributed by atoms with Gasteiger partial charge in [-0.05, 0) is 43.2 Å². The van der Waals surface area contributed by atoms with E-state index < -0.39 is 11.2 Å². The smallest absolute Gasteiger partial charge is 0.305 e. The first-order valence-electron chi connectivity index (χ1n) is 8.04. The third kappa shape index (κ3) is 5.90. The lowest BCUT2D eigenvalue weighted by Gasteiger charge is -2.06. The summed E-state index contributed by atoms with van der Waals surface area (Å²) < 4.78 is 5.61. The SMILES string of the molecule is CCCCOc1ccc(/C(C)=N/N=C2\NC(=O)C(CC(=O)O)S2)cc1. The van der Waals surface area contributed by atoms with Crippen molar-refractivity contribution < 1.29 is 19.4 Å². The summed E-state index contributed by atoms with van der Waals surface area (Å²) >= 11 is 1.08. The Balaban J connectivity index is 1.97. The third-order valence-corrected chi connectivity index (χ3v) is 4.54. The monoisotopic (exact) mass is 363 g/mol. The van der Waals surface area contributed by atoms with Gasteiger partial charge in [-0.2, -0.15) is 5.10 Å². The standard InChI is InChI=1S/C17H21N3O4S/c1-3-4-9-24-13-7-5-12(6-8-13)11(2)19-20-17-18-16(23)14(25-17)10-15(21)22/h5-8,14H,3-4,9-10H2,1-2H3,(H,21,22)(H,18,20,23)/b19-11+. The fraction of sp³-hybridized carbons (Fsp3) is 0.412. The van der Waals surface area contributed by atoms with Crippen molar-refractivity contribution in [3.05, 3.63) is 29.8 Å². The van der Waals surface area contributed by atoms with E-state index in [-0.39, 0.29) is 12.3 Å².